The summed E-state index contributed by atoms with van der Waals surface area (Å²) in [6, 6.07) is 5.00. The minimum absolute atomic E-state index is 0.0697. The van der Waals surface area contributed by atoms with Crippen LogP contribution in [0.5, 0.6) is 0 Å². The molecule has 0 bridgehead atoms. The number of hydrogen-bond donors (Lipinski definition) is 1. The van der Waals surface area contributed by atoms with Gasteiger partial charge in [0.1, 0.15) is 0 Å². The quantitative estimate of drug-likeness (QED) is 0.735. The molecule has 0 spiro atoms. The lowest BCUT2D eigenvalue weighted by Gasteiger charge is -2.20. The molecule has 0 saturated carbocycles. The van der Waals surface area contributed by atoms with E-state index in [0.29, 0.717) is 35.4 Å². The molecule has 0 saturated heterocycles. The van der Waals surface area contributed by atoms with Crippen LogP contribution in [0.25, 0.3) is 0 Å². The van der Waals surface area contributed by atoms with Gasteiger partial charge in [-0.05, 0) is 18.6 Å². The first-order chi connectivity index (χ1) is 10.5. The first-order valence-corrected chi connectivity index (χ1v) is 7.69. The molecular formula is C15H20Cl2N2O3. The van der Waals surface area contributed by atoms with Crippen LogP contribution in [0.4, 0.5) is 5.69 Å². The standard InChI is InChI=1S/C15H20Cl2N2O3/c1-11(20)19(8-4-10-22-2)9-7-14(21)18-15-12(16)5-3-6-13(15)17/h3,5-6H,4,7-10H2,1-2H3,(H,18,21). The predicted octanol–water partition coefficient (Wildman–Crippen LogP) is 3.21. The Morgan fingerprint density at radius 3 is 2.41 bits per heavy atom. The van der Waals surface area contributed by atoms with Gasteiger partial charge in [0.15, 0.2) is 0 Å². The molecule has 1 aromatic carbocycles. The fraction of sp³-hybridized carbons (Fsp3) is 0.467. The number of carbonyl (C=O) groups is 2. The monoisotopic (exact) mass is 346 g/mol. The second-order valence-electron chi connectivity index (χ2n) is 4.75. The molecule has 5 nitrogen and oxygen atoms in total. The molecule has 2 amide bonds. The van der Waals surface area contributed by atoms with Crippen molar-refractivity contribution in [3.63, 3.8) is 0 Å². The maximum atomic E-state index is 12.0. The van der Waals surface area contributed by atoms with Crippen LogP contribution in [-0.4, -0.2) is 43.5 Å². The lowest BCUT2D eigenvalue weighted by atomic mass is 10.3. The van der Waals surface area contributed by atoms with E-state index in [4.69, 9.17) is 27.9 Å². The average molecular weight is 347 g/mol. The number of nitrogens with zero attached hydrogens (tertiary/aromatic N) is 1. The number of halogens is 2. The molecule has 1 rings (SSSR count). The molecule has 0 unspecified atom stereocenters. The molecule has 0 atom stereocenters. The highest BCUT2D eigenvalue weighted by Gasteiger charge is 2.13. The molecule has 0 aliphatic carbocycles. The summed E-state index contributed by atoms with van der Waals surface area (Å²) in [6.07, 6.45) is 0.905. The third-order valence-corrected chi connectivity index (χ3v) is 3.69. The summed E-state index contributed by atoms with van der Waals surface area (Å²) < 4.78 is 4.96. The van der Waals surface area contributed by atoms with Crippen molar-refractivity contribution in [2.45, 2.75) is 19.8 Å². The van der Waals surface area contributed by atoms with Crippen molar-refractivity contribution in [1.29, 1.82) is 0 Å². The third kappa shape index (κ3) is 6.22. The van der Waals surface area contributed by atoms with Gasteiger partial charge < -0.3 is 15.0 Å². The Hall–Kier alpha value is -1.30. The van der Waals surface area contributed by atoms with E-state index >= 15 is 0 Å². The van der Waals surface area contributed by atoms with Gasteiger partial charge in [0, 0.05) is 40.2 Å². The minimum atomic E-state index is -0.243. The average Bonchev–Trinajstić information content (AvgIpc) is 2.46. The van der Waals surface area contributed by atoms with Gasteiger partial charge in [-0.3, -0.25) is 9.59 Å². The number of benzene rings is 1. The predicted molar refractivity (Wildman–Crippen MR) is 88.5 cm³/mol. The minimum Gasteiger partial charge on any atom is -0.385 e. The molecule has 1 aromatic rings. The molecule has 0 heterocycles. The van der Waals surface area contributed by atoms with Crippen LogP contribution in [0.15, 0.2) is 18.2 Å². The number of carbonyl (C=O) groups excluding carboxylic acids is 2. The highest BCUT2D eigenvalue weighted by molar-refractivity contribution is 6.39. The van der Waals surface area contributed by atoms with Crippen molar-refractivity contribution < 1.29 is 14.3 Å². The lowest BCUT2D eigenvalue weighted by molar-refractivity contribution is -0.129. The van der Waals surface area contributed by atoms with E-state index in [1.165, 1.54) is 6.92 Å². The fourth-order valence-electron chi connectivity index (χ4n) is 1.88. The van der Waals surface area contributed by atoms with Gasteiger partial charge in [0.05, 0.1) is 15.7 Å². The van der Waals surface area contributed by atoms with E-state index in [1.807, 2.05) is 0 Å². The van der Waals surface area contributed by atoms with Crippen LogP contribution in [-0.2, 0) is 14.3 Å². The number of hydrogen-bond acceptors (Lipinski definition) is 3. The Labute approximate surface area is 140 Å². The summed E-state index contributed by atoms with van der Waals surface area (Å²) >= 11 is 12.0. The van der Waals surface area contributed by atoms with E-state index < -0.39 is 0 Å². The summed E-state index contributed by atoms with van der Waals surface area (Å²) in [6.45, 7) is 2.96. The first kappa shape index (κ1) is 18.7. The number of para-hydroxylation sites is 1. The largest absolute Gasteiger partial charge is 0.385 e. The Kier molecular flexibility index (Phi) is 8.24. The number of methoxy groups -OCH3 is 1. The highest BCUT2D eigenvalue weighted by Crippen LogP contribution is 2.29. The number of anilines is 1. The van der Waals surface area contributed by atoms with Crippen molar-refractivity contribution in [2.24, 2.45) is 0 Å². The molecule has 1 N–H and O–H groups in total. The van der Waals surface area contributed by atoms with Crippen molar-refractivity contribution in [3.05, 3.63) is 28.2 Å². The van der Waals surface area contributed by atoms with Crippen molar-refractivity contribution in [3.8, 4) is 0 Å². The van der Waals surface area contributed by atoms with Crippen molar-refractivity contribution >= 4 is 40.7 Å². The lowest BCUT2D eigenvalue weighted by Crippen LogP contribution is -2.33. The molecule has 0 aliphatic heterocycles. The Morgan fingerprint density at radius 2 is 1.86 bits per heavy atom. The molecule has 122 valence electrons. The topological polar surface area (TPSA) is 58.6 Å². The van der Waals surface area contributed by atoms with Gasteiger partial charge in [-0.25, -0.2) is 0 Å². The van der Waals surface area contributed by atoms with E-state index in [-0.39, 0.29) is 18.2 Å². The normalized spacial score (nSPS) is 10.4. The van der Waals surface area contributed by atoms with Crippen LogP contribution in [0, 0.1) is 0 Å². The molecule has 7 heteroatoms. The second-order valence-corrected chi connectivity index (χ2v) is 5.56. The molecule has 0 fully saturated rings. The van der Waals surface area contributed by atoms with E-state index in [0.717, 1.165) is 6.42 Å². The van der Waals surface area contributed by atoms with E-state index in [2.05, 4.69) is 5.32 Å². The third-order valence-electron chi connectivity index (χ3n) is 3.06. The van der Waals surface area contributed by atoms with Gasteiger partial charge in [0.25, 0.3) is 0 Å². The highest BCUT2D eigenvalue weighted by atomic mass is 35.5. The first-order valence-electron chi connectivity index (χ1n) is 6.94. The number of amides is 2. The summed E-state index contributed by atoms with van der Waals surface area (Å²) in [5.41, 5.74) is 0.393. The maximum absolute atomic E-state index is 12.0. The number of rotatable bonds is 8. The Bertz CT molecular complexity index is 503. The van der Waals surface area contributed by atoms with Crippen LogP contribution in [0.1, 0.15) is 19.8 Å². The number of ether oxygens (including phenoxy) is 1. The summed E-state index contributed by atoms with van der Waals surface area (Å²) in [7, 11) is 1.61. The van der Waals surface area contributed by atoms with Crippen molar-refractivity contribution in [2.75, 3.05) is 32.1 Å². The Morgan fingerprint density at radius 1 is 1.23 bits per heavy atom. The molecule has 22 heavy (non-hydrogen) atoms. The zero-order chi connectivity index (χ0) is 16.5. The van der Waals surface area contributed by atoms with Gasteiger partial charge in [-0.2, -0.15) is 0 Å². The zero-order valence-electron chi connectivity index (χ0n) is 12.7. The smallest absolute Gasteiger partial charge is 0.226 e. The Balaban J connectivity index is 2.51. The molecule has 0 radical (unpaired) electrons. The summed E-state index contributed by atoms with van der Waals surface area (Å²) in [4.78, 5) is 25.1. The van der Waals surface area contributed by atoms with Gasteiger partial charge in [0.2, 0.25) is 11.8 Å². The second kappa shape index (κ2) is 9.66. The van der Waals surface area contributed by atoms with Crippen LogP contribution in [0.3, 0.4) is 0 Å². The molecule has 0 aliphatic rings. The SMILES string of the molecule is COCCCN(CCC(=O)Nc1c(Cl)cccc1Cl)C(C)=O. The van der Waals surface area contributed by atoms with Gasteiger partial charge in [-0.1, -0.05) is 29.3 Å². The molecular weight excluding hydrogens is 327 g/mol. The number of nitrogens with one attached hydrogen (secondary N) is 1. The maximum Gasteiger partial charge on any atom is 0.226 e. The van der Waals surface area contributed by atoms with Gasteiger partial charge >= 0.3 is 0 Å². The zero-order valence-corrected chi connectivity index (χ0v) is 14.2. The van der Waals surface area contributed by atoms with Crippen LogP contribution < -0.4 is 5.32 Å². The fourth-order valence-corrected chi connectivity index (χ4v) is 2.37. The molecule has 0 aromatic heterocycles. The van der Waals surface area contributed by atoms with Crippen LogP contribution in [0.2, 0.25) is 10.0 Å². The van der Waals surface area contributed by atoms with Gasteiger partial charge in [-0.15, -0.1) is 0 Å². The van der Waals surface area contributed by atoms with E-state index in [1.54, 1.807) is 30.2 Å². The van der Waals surface area contributed by atoms with Crippen LogP contribution >= 0.6 is 23.2 Å². The van der Waals surface area contributed by atoms with E-state index in [9.17, 15) is 9.59 Å². The summed E-state index contributed by atoms with van der Waals surface area (Å²) in [5.74, 6) is -0.312. The summed E-state index contributed by atoms with van der Waals surface area (Å²) in [5, 5.41) is 3.43. The van der Waals surface area contributed by atoms with Crippen molar-refractivity contribution in [1.82, 2.24) is 4.90 Å².